The fraction of sp³-hybridized carbons (Fsp3) is 0.310. The van der Waals surface area contributed by atoms with Gasteiger partial charge < -0.3 is 14.4 Å². The molecule has 1 amide bonds. The number of anilines is 1. The van der Waals surface area contributed by atoms with Crippen molar-refractivity contribution in [2.75, 3.05) is 31.1 Å². The van der Waals surface area contributed by atoms with Gasteiger partial charge in [-0.05, 0) is 47.7 Å². The molecular formula is C29H33ClN4O. The van der Waals surface area contributed by atoms with E-state index in [1.165, 1.54) is 5.56 Å². The van der Waals surface area contributed by atoms with Gasteiger partial charge in [0, 0.05) is 50.3 Å². The third kappa shape index (κ3) is 4.78. The molecule has 0 radical (unpaired) electrons. The van der Waals surface area contributed by atoms with E-state index in [0.717, 1.165) is 59.6 Å². The molecule has 0 bridgehead atoms. The van der Waals surface area contributed by atoms with Gasteiger partial charge in [0.25, 0.3) is 5.91 Å². The number of pyridine rings is 1. The largest absolute Gasteiger partial charge is 0.355 e. The van der Waals surface area contributed by atoms with Crippen LogP contribution in [0.2, 0.25) is 0 Å². The van der Waals surface area contributed by atoms with Crippen LogP contribution in [-0.2, 0) is 7.05 Å². The lowest BCUT2D eigenvalue weighted by atomic mass is 9.98. The molecule has 182 valence electrons. The Hall–Kier alpha value is -3.31. The van der Waals surface area contributed by atoms with Crippen molar-refractivity contribution in [3.8, 4) is 11.3 Å². The zero-order valence-corrected chi connectivity index (χ0v) is 21.5. The number of aromatic nitrogens is 2. The molecule has 5 nitrogen and oxygen atoms in total. The average Bonchev–Trinajstić information content (AvgIpc) is 3.01. The molecule has 6 heteroatoms. The van der Waals surface area contributed by atoms with Gasteiger partial charge in [0.15, 0.2) is 0 Å². The Kier molecular flexibility index (Phi) is 7.46. The number of nitrogens with zero attached hydrogens (tertiary/aromatic N) is 4. The number of fused-ring (bicyclic) bond motifs is 1. The normalized spacial score (nSPS) is 14.2. The topological polar surface area (TPSA) is 41.4 Å². The highest BCUT2D eigenvalue weighted by atomic mass is 35.5. The summed E-state index contributed by atoms with van der Waals surface area (Å²) in [6.07, 6.45) is 2.75. The Bertz CT molecular complexity index is 1300. The standard InChI is InChI=1S/C29H32N4O.ClH/c1-21(2)23-13-14-25-24(20-23)27(28(31(25)3)22-10-5-4-6-11-22)29(34)33-17-9-16-32(18-19-33)26-12-7-8-15-30-26;/h4-8,10-15,20-21H,9,16-19H2,1-3H3;1H. The van der Waals surface area contributed by atoms with E-state index in [4.69, 9.17) is 0 Å². The molecule has 0 N–H and O–H groups in total. The second kappa shape index (κ2) is 10.5. The van der Waals surface area contributed by atoms with E-state index in [-0.39, 0.29) is 18.3 Å². The summed E-state index contributed by atoms with van der Waals surface area (Å²) in [6.45, 7) is 7.51. The summed E-state index contributed by atoms with van der Waals surface area (Å²) in [5.74, 6) is 1.50. The second-order valence-corrected chi connectivity index (χ2v) is 9.40. The first-order valence-corrected chi connectivity index (χ1v) is 12.2. The minimum atomic E-state index is 0. The van der Waals surface area contributed by atoms with Crippen molar-refractivity contribution < 1.29 is 4.79 Å². The average molecular weight is 489 g/mol. The van der Waals surface area contributed by atoms with E-state index in [1.54, 1.807) is 0 Å². The molecule has 1 aliphatic heterocycles. The monoisotopic (exact) mass is 488 g/mol. The molecule has 0 unspecified atom stereocenters. The van der Waals surface area contributed by atoms with Gasteiger partial charge in [0.2, 0.25) is 0 Å². The molecule has 4 aromatic rings. The Morgan fingerprint density at radius 1 is 0.914 bits per heavy atom. The molecule has 3 heterocycles. The molecular weight excluding hydrogens is 456 g/mol. The predicted octanol–water partition coefficient (Wildman–Crippen LogP) is 6.14. The molecule has 5 rings (SSSR count). The van der Waals surface area contributed by atoms with Crippen LogP contribution >= 0.6 is 12.4 Å². The molecule has 1 aliphatic rings. The zero-order valence-electron chi connectivity index (χ0n) is 20.6. The molecule has 0 aliphatic carbocycles. The van der Waals surface area contributed by atoms with Crippen LogP contribution in [0, 0.1) is 0 Å². The molecule has 2 aromatic heterocycles. The lowest BCUT2D eigenvalue weighted by Crippen LogP contribution is -2.35. The van der Waals surface area contributed by atoms with Gasteiger partial charge in [-0.1, -0.05) is 56.3 Å². The van der Waals surface area contributed by atoms with Gasteiger partial charge in [-0.2, -0.15) is 0 Å². The number of amides is 1. The molecule has 35 heavy (non-hydrogen) atoms. The number of rotatable bonds is 4. The Morgan fingerprint density at radius 3 is 2.40 bits per heavy atom. The van der Waals surface area contributed by atoms with Crippen LogP contribution in [-0.4, -0.2) is 46.5 Å². The van der Waals surface area contributed by atoms with Crippen molar-refractivity contribution in [2.24, 2.45) is 7.05 Å². The predicted molar refractivity (Wildman–Crippen MR) is 147 cm³/mol. The highest BCUT2D eigenvalue weighted by Gasteiger charge is 2.28. The van der Waals surface area contributed by atoms with Crippen molar-refractivity contribution >= 4 is 35.0 Å². The van der Waals surface area contributed by atoms with Crippen molar-refractivity contribution in [1.29, 1.82) is 0 Å². The maximum atomic E-state index is 14.2. The third-order valence-electron chi connectivity index (χ3n) is 6.91. The van der Waals surface area contributed by atoms with E-state index in [2.05, 4.69) is 65.7 Å². The number of benzene rings is 2. The van der Waals surface area contributed by atoms with E-state index in [0.29, 0.717) is 12.5 Å². The van der Waals surface area contributed by atoms with Crippen LogP contribution in [0.15, 0.2) is 72.9 Å². The van der Waals surface area contributed by atoms with E-state index in [1.807, 2.05) is 47.5 Å². The van der Waals surface area contributed by atoms with Crippen LogP contribution in [0.4, 0.5) is 5.82 Å². The Balaban J connectivity index is 0.00000289. The second-order valence-electron chi connectivity index (χ2n) is 9.40. The summed E-state index contributed by atoms with van der Waals surface area (Å²) < 4.78 is 2.18. The lowest BCUT2D eigenvalue weighted by molar-refractivity contribution is 0.0769. The highest BCUT2D eigenvalue weighted by Crippen LogP contribution is 2.36. The van der Waals surface area contributed by atoms with Crippen molar-refractivity contribution in [2.45, 2.75) is 26.2 Å². The van der Waals surface area contributed by atoms with Crippen molar-refractivity contribution in [1.82, 2.24) is 14.5 Å². The summed E-state index contributed by atoms with van der Waals surface area (Å²) in [7, 11) is 2.07. The summed E-state index contributed by atoms with van der Waals surface area (Å²) in [5, 5.41) is 1.04. The summed E-state index contributed by atoms with van der Waals surface area (Å²) >= 11 is 0. The number of hydrogen-bond donors (Lipinski definition) is 0. The van der Waals surface area contributed by atoms with Crippen LogP contribution in [0.5, 0.6) is 0 Å². The molecule has 2 aromatic carbocycles. The molecule has 1 fully saturated rings. The SMILES string of the molecule is CC(C)c1ccc2c(c1)c(C(=O)N1CCCN(c3ccccn3)CC1)c(-c1ccccc1)n2C.Cl. The van der Waals surface area contributed by atoms with Crippen LogP contribution in [0.1, 0.15) is 42.1 Å². The fourth-order valence-electron chi connectivity index (χ4n) is 5.02. The lowest BCUT2D eigenvalue weighted by Gasteiger charge is -2.23. The minimum Gasteiger partial charge on any atom is -0.355 e. The fourth-order valence-corrected chi connectivity index (χ4v) is 5.02. The number of halogens is 1. The van der Waals surface area contributed by atoms with Gasteiger partial charge in [0.05, 0.1) is 11.3 Å². The van der Waals surface area contributed by atoms with E-state index in [9.17, 15) is 4.79 Å². The van der Waals surface area contributed by atoms with Gasteiger partial charge in [0.1, 0.15) is 5.82 Å². The Morgan fingerprint density at radius 2 is 1.69 bits per heavy atom. The smallest absolute Gasteiger partial charge is 0.256 e. The third-order valence-corrected chi connectivity index (χ3v) is 6.91. The zero-order chi connectivity index (χ0) is 23.7. The summed E-state index contributed by atoms with van der Waals surface area (Å²) in [4.78, 5) is 23.0. The van der Waals surface area contributed by atoms with E-state index >= 15 is 0 Å². The number of aryl methyl sites for hydroxylation is 1. The summed E-state index contributed by atoms with van der Waals surface area (Å²) in [5.41, 5.74) is 5.23. The van der Waals surface area contributed by atoms with Crippen molar-refractivity contribution in [3.63, 3.8) is 0 Å². The van der Waals surface area contributed by atoms with Gasteiger partial charge in [-0.3, -0.25) is 4.79 Å². The molecule has 1 saturated heterocycles. The van der Waals surface area contributed by atoms with Crippen LogP contribution in [0.3, 0.4) is 0 Å². The number of carbonyl (C=O) groups excluding carboxylic acids is 1. The molecule has 0 atom stereocenters. The van der Waals surface area contributed by atoms with Gasteiger partial charge in [-0.15, -0.1) is 12.4 Å². The molecule has 0 spiro atoms. The first-order valence-electron chi connectivity index (χ1n) is 12.2. The van der Waals surface area contributed by atoms with Gasteiger partial charge >= 0.3 is 0 Å². The first kappa shape index (κ1) is 24.8. The van der Waals surface area contributed by atoms with Crippen molar-refractivity contribution in [3.05, 3.63) is 84.1 Å². The molecule has 0 saturated carbocycles. The number of hydrogen-bond acceptors (Lipinski definition) is 3. The minimum absolute atomic E-state index is 0. The quantitative estimate of drug-likeness (QED) is 0.346. The maximum Gasteiger partial charge on any atom is 0.256 e. The van der Waals surface area contributed by atoms with E-state index < -0.39 is 0 Å². The summed E-state index contributed by atoms with van der Waals surface area (Å²) in [6, 6.07) is 22.9. The maximum absolute atomic E-state index is 14.2. The van der Waals surface area contributed by atoms with Crippen LogP contribution < -0.4 is 4.90 Å². The van der Waals surface area contributed by atoms with Crippen LogP contribution in [0.25, 0.3) is 22.2 Å². The first-order chi connectivity index (χ1) is 16.5. The Labute approximate surface area is 213 Å². The highest BCUT2D eigenvalue weighted by molar-refractivity contribution is 6.13. The number of carbonyl (C=O) groups is 1. The van der Waals surface area contributed by atoms with Gasteiger partial charge in [-0.25, -0.2) is 4.98 Å².